The summed E-state index contributed by atoms with van der Waals surface area (Å²) in [6.07, 6.45) is 10.8. The van der Waals surface area contributed by atoms with Crippen LogP contribution in [0.15, 0.2) is 59.6 Å². The predicted molar refractivity (Wildman–Crippen MR) is 116 cm³/mol. The van der Waals surface area contributed by atoms with Crippen molar-refractivity contribution in [3.8, 4) is 0 Å². The quantitative estimate of drug-likeness (QED) is 0.394. The second kappa shape index (κ2) is 9.91. The Bertz CT molecular complexity index is 822. The van der Waals surface area contributed by atoms with Gasteiger partial charge in [0, 0.05) is 5.56 Å². The maximum absolute atomic E-state index is 4.90. The van der Waals surface area contributed by atoms with Gasteiger partial charge in [-0.25, -0.2) is 0 Å². The molecule has 1 nitrogen and oxygen atoms in total. The van der Waals surface area contributed by atoms with Gasteiger partial charge < -0.3 is 0 Å². The number of aryl methyl sites for hydroxylation is 3. The summed E-state index contributed by atoms with van der Waals surface area (Å²) in [4.78, 5) is 4.90. The molecule has 2 rings (SSSR count). The number of hydrogen-bond acceptors (Lipinski definition) is 1. The van der Waals surface area contributed by atoms with Gasteiger partial charge in [-0.2, -0.15) is 0 Å². The number of nitrogens with zero attached hydrogens (tertiary/aromatic N) is 1. The van der Waals surface area contributed by atoms with Gasteiger partial charge in [0.2, 0.25) is 0 Å². The molecule has 0 unspecified atom stereocenters. The second-order valence-electron chi connectivity index (χ2n) is 6.84. The standard InChI is InChI=1S/C25H31N/c1-6-8-16-26-25(15-14-22-13-10-9-12-20(22)4)24-18-19(3)17-21(5)23(24)11-7-2/h6,8-10,12-15,17-18H,7,11,16H2,1-5H3/b8-6?,15-14-,26-25?. The maximum Gasteiger partial charge on any atom is 0.0653 e. The van der Waals surface area contributed by atoms with Crippen molar-refractivity contribution in [3.05, 3.63) is 88.0 Å². The number of rotatable bonds is 7. The van der Waals surface area contributed by atoms with Crippen molar-refractivity contribution in [1.29, 1.82) is 0 Å². The lowest BCUT2D eigenvalue weighted by Crippen LogP contribution is -2.06. The summed E-state index contributed by atoms with van der Waals surface area (Å²) < 4.78 is 0. The molecule has 0 bridgehead atoms. The molecular formula is C25H31N. The molecule has 0 aromatic heterocycles. The molecule has 1 heteroatoms. The van der Waals surface area contributed by atoms with Crippen molar-refractivity contribution < 1.29 is 0 Å². The first-order valence-electron chi connectivity index (χ1n) is 9.56. The topological polar surface area (TPSA) is 12.4 Å². The zero-order chi connectivity index (χ0) is 18.9. The Labute approximate surface area is 159 Å². The van der Waals surface area contributed by atoms with Crippen LogP contribution in [0.25, 0.3) is 6.08 Å². The minimum atomic E-state index is 0.711. The molecule has 0 aliphatic rings. The molecule has 2 aromatic rings. The Morgan fingerprint density at radius 3 is 2.50 bits per heavy atom. The Morgan fingerprint density at radius 2 is 1.81 bits per heavy atom. The van der Waals surface area contributed by atoms with E-state index in [9.17, 15) is 0 Å². The highest BCUT2D eigenvalue weighted by Crippen LogP contribution is 2.21. The van der Waals surface area contributed by atoms with E-state index in [0.717, 1.165) is 18.6 Å². The molecule has 0 spiro atoms. The summed E-state index contributed by atoms with van der Waals surface area (Å²) in [5.41, 5.74) is 8.95. The molecule has 0 saturated carbocycles. The zero-order valence-electron chi connectivity index (χ0n) is 16.8. The molecule has 0 heterocycles. The summed E-state index contributed by atoms with van der Waals surface area (Å²) in [6.45, 7) is 11.5. The highest BCUT2D eigenvalue weighted by Gasteiger charge is 2.10. The first-order valence-corrected chi connectivity index (χ1v) is 9.56. The third kappa shape index (κ3) is 5.29. The fourth-order valence-electron chi connectivity index (χ4n) is 3.23. The molecule has 0 amide bonds. The molecule has 0 N–H and O–H groups in total. The normalized spacial score (nSPS) is 12.4. The van der Waals surface area contributed by atoms with Gasteiger partial charge in [0.1, 0.15) is 0 Å². The lowest BCUT2D eigenvalue weighted by Gasteiger charge is -2.14. The average Bonchev–Trinajstić information content (AvgIpc) is 2.61. The van der Waals surface area contributed by atoms with Gasteiger partial charge in [0.15, 0.2) is 0 Å². The van der Waals surface area contributed by atoms with Crippen LogP contribution in [0.1, 0.15) is 53.6 Å². The number of benzene rings is 2. The van der Waals surface area contributed by atoms with Crippen molar-refractivity contribution in [3.63, 3.8) is 0 Å². The van der Waals surface area contributed by atoms with Gasteiger partial charge in [-0.3, -0.25) is 4.99 Å². The van der Waals surface area contributed by atoms with E-state index >= 15 is 0 Å². The SMILES string of the molecule is CC=CCN=C(/C=C\c1ccccc1C)c1cc(C)cc(C)c1CCC. The molecule has 0 atom stereocenters. The Kier molecular flexibility index (Phi) is 7.59. The number of hydrogen-bond donors (Lipinski definition) is 0. The molecular weight excluding hydrogens is 314 g/mol. The Morgan fingerprint density at radius 1 is 1.04 bits per heavy atom. The summed E-state index contributed by atoms with van der Waals surface area (Å²) >= 11 is 0. The third-order valence-corrected chi connectivity index (χ3v) is 4.61. The van der Waals surface area contributed by atoms with E-state index in [1.807, 2.05) is 6.92 Å². The number of aliphatic imine (C=N–C) groups is 1. The van der Waals surface area contributed by atoms with Crippen LogP contribution in [0.3, 0.4) is 0 Å². The van der Waals surface area contributed by atoms with Crippen molar-refractivity contribution in [1.82, 2.24) is 0 Å². The van der Waals surface area contributed by atoms with E-state index < -0.39 is 0 Å². The van der Waals surface area contributed by atoms with Gasteiger partial charge >= 0.3 is 0 Å². The highest BCUT2D eigenvalue weighted by molar-refractivity contribution is 6.12. The molecule has 0 aliphatic carbocycles. The van der Waals surface area contributed by atoms with Gasteiger partial charge in [-0.05, 0) is 68.5 Å². The van der Waals surface area contributed by atoms with Crippen molar-refractivity contribution in [2.45, 2.75) is 47.5 Å². The molecule has 0 radical (unpaired) electrons. The van der Waals surface area contributed by atoms with E-state index in [1.54, 1.807) is 0 Å². The highest BCUT2D eigenvalue weighted by atomic mass is 14.7. The van der Waals surface area contributed by atoms with E-state index in [4.69, 9.17) is 4.99 Å². The van der Waals surface area contributed by atoms with Gasteiger partial charge in [0.05, 0.1) is 12.3 Å². The summed E-state index contributed by atoms with van der Waals surface area (Å²) in [7, 11) is 0. The van der Waals surface area contributed by atoms with E-state index in [1.165, 1.54) is 33.4 Å². The first-order chi connectivity index (χ1) is 12.6. The minimum Gasteiger partial charge on any atom is -0.281 e. The van der Waals surface area contributed by atoms with Gasteiger partial charge in [0.25, 0.3) is 0 Å². The van der Waals surface area contributed by atoms with Gasteiger partial charge in [-0.1, -0.05) is 67.5 Å². The Balaban J connectivity index is 2.52. The van der Waals surface area contributed by atoms with Crippen molar-refractivity contribution >= 4 is 11.8 Å². The Hall–Kier alpha value is -2.41. The third-order valence-electron chi connectivity index (χ3n) is 4.61. The summed E-state index contributed by atoms with van der Waals surface area (Å²) in [5.74, 6) is 0. The van der Waals surface area contributed by atoms with E-state index in [2.05, 4.69) is 88.4 Å². The lowest BCUT2D eigenvalue weighted by molar-refractivity contribution is 0.909. The first kappa shape index (κ1) is 19.9. The molecule has 0 aliphatic heterocycles. The summed E-state index contributed by atoms with van der Waals surface area (Å²) in [6, 6.07) is 13.0. The van der Waals surface area contributed by atoms with Crippen LogP contribution >= 0.6 is 0 Å². The van der Waals surface area contributed by atoms with Crippen LogP contribution in [-0.2, 0) is 6.42 Å². The van der Waals surface area contributed by atoms with Gasteiger partial charge in [-0.15, -0.1) is 0 Å². The van der Waals surface area contributed by atoms with Crippen LogP contribution in [0.5, 0.6) is 0 Å². The largest absolute Gasteiger partial charge is 0.281 e. The van der Waals surface area contributed by atoms with Crippen LogP contribution in [0.2, 0.25) is 0 Å². The average molecular weight is 346 g/mol. The molecule has 26 heavy (non-hydrogen) atoms. The molecule has 0 saturated heterocycles. The molecule has 136 valence electrons. The maximum atomic E-state index is 4.90. The molecule has 0 fully saturated rings. The lowest BCUT2D eigenvalue weighted by atomic mass is 9.92. The van der Waals surface area contributed by atoms with E-state index in [-0.39, 0.29) is 0 Å². The van der Waals surface area contributed by atoms with Crippen LogP contribution in [0, 0.1) is 20.8 Å². The monoisotopic (exact) mass is 345 g/mol. The second-order valence-corrected chi connectivity index (χ2v) is 6.84. The van der Waals surface area contributed by atoms with Crippen molar-refractivity contribution in [2.75, 3.05) is 6.54 Å². The number of allylic oxidation sites excluding steroid dienone is 2. The van der Waals surface area contributed by atoms with Crippen LogP contribution in [0.4, 0.5) is 0 Å². The van der Waals surface area contributed by atoms with Crippen LogP contribution < -0.4 is 0 Å². The minimum absolute atomic E-state index is 0.711. The zero-order valence-corrected chi connectivity index (χ0v) is 16.8. The van der Waals surface area contributed by atoms with Crippen LogP contribution in [-0.4, -0.2) is 12.3 Å². The smallest absolute Gasteiger partial charge is 0.0653 e. The molecule has 2 aromatic carbocycles. The van der Waals surface area contributed by atoms with Crippen molar-refractivity contribution in [2.24, 2.45) is 4.99 Å². The summed E-state index contributed by atoms with van der Waals surface area (Å²) in [5, 5.41) is 0. The fraction of sp³-hybridized carbons (Fsp3) is 0.320. The van der Waals surface area contributed by atoms with E-state index in [0.29, 0.717) is 6.54 Å². The predicted octanol–water partition coefficient (Wildman–Crippen LogP) is 6.64. The fourth-order valence-corrected chi connectivity index (χ4v) is 3.23.